The molecule has 2 atom stereocenters. The number of hydrogen-bond donors (Lipinski definition) is 1. The Morgan fingerprint density at radius 3 is 2.94 bits per heavy atom. The summed E-state index contributed by atoms with van der Waals surface area (Å²) in [5.41, 5.74) is 0.654. The van der Waals surface area contributed by atoms with Gasteiger partial charge in [-0.15, -0.1) is 14.8 Å². The molecule has 2 unspecified atom stereocenters. The Kier molecular flexibility index (Phi) is 2.98. The molecule has 2 aromatic heterocycles. The summed E-state index contributed by atoms with van der Waals surface area (Å²) in [7, 11) is 0. The lowest BCUT2D eigenvalue weighted by Gasteiger charge is -2.19. The van der Waals surface area contributed by atoms with E-state index >= 15 is 0 Å². The van der Waals surface area contributed by atoms with Crippen molar-refractivity contribution in [2.24, 2.45) is 5.92 Å². The van der Waals surface area contributed by atoms with Gasteiger partial charge in [0.1, 0.15) is 5.82 Å². The molecule has 6 heteroatoms. The minimum atomic E-state index is 0.381. The van der Waals surface area contributed by atoms with Gasteiger partial charge in [-0.1, -0.05) is 20.3 Å². The van der Waals surface area contributed by atoms with Crippen molar-refractivity contribution >= 4 is 11.5 Å². The van der Waals surface area contributed by atoms with Gasteiger partial charge in [-0.2, -0.15) is 0 Å². The number of nitrogens with zero attached hydrogens (tertiary/aromatic N) is 5. The first-order valence-electron chi connectivity index (χ1n) is 5.52. The van der Waals surface area contributed by atoms with E-state index in [1.807, 2.05) is 12.1 Å². The molecule has 0 aromatic carbocycles. The number of tetrazole rings is 1. The van der Waals surface area contributed by atoms with Gasteiger partial charge in [-0.05, 0) is 35.4 Å². The van der Waals surface area contributed by atoms with Gasteiger partial charge in [0.2, 0.25) is 0 Å². The zero-order chi connectivity index (χ0) is 11.5. The molecule has 0 fully saturated rings. The Morgan fingerprint density at radius 1 is 1.38 bits per heavy atom. The average Bonchev–Trinajstić information content (AvgIpc) is 2.75. The second kappa shape index (κ2) is 4.42. The lowest BCUT2D eigenvalue weighted by atomic mass is 10.0. The monoisotopic (exact) mass is 220 g/mol. The maximum absolute atomic E-state index is 4.26. The molecular formula is C10H16N6. The first kappa shape index (κ1) is 10.8. The minimum Gasteiger partial charge on any atom is -0.366 e. The molecule has 0 aliphatic heterocycles. The fourth-order valence-electron chi connectivity index (χ4n) is 1.46. The first-order chi connectivity index (χ1) is 7.70. The fraction of sp³-hybridized carbons (Fsp3) is 0.600. The van der Waals surface area contributed by atoms with Crippen LogP contribution in [0, 0.1) is 5.92 Å². The predicted molar refractivity (Wildman–Crippen MR) is 61.1 cm³/mol. The Balaban J connectivity index is 2.14. The van der Waals surface area contributed by atoms with E-state index in [1.54, 1.807) is 0 Å². The zero-order valence-corrected chi connectivity index (χ0v) is 9.75. The summed E-state index contributed by atoms with van der Waals surface area (Å²) in [4.78, 5) is 0. The number of hydrogen-bond acceptors (Lipinski definition) is 5. The quantitative estimate of drug-likeness (QED) is 0.842. The SMILES string of the molecule is CCC(C)C(C)Nc1ccc2nnnn2n1. The zero-order valence-electron chi connectivity index (χ0n) is 9.75. The van der Waals surface area contributed by atoms with Gasteiger partial charge in [0.25, 0.3) is 0 Å². The van der Waals surface area contributed by atoms with Crippen LogP contribution in [0.25, 0.3) is 5.65 Å². The molecule has 0 amide bonds. The van der Waals surface area contributed by atoms with Crippen molar-refractivity contribution in [1.29, 1.82) is 0 Å². The molecule has 0 spiro atoms. The van der Waals surface area contributed by atoms with Crippen molar-refractivity contribution in [3.63, 3.8) is 0 Å². The first-order valence-corrected chi connectivity index (χ1v) is 5.52. The number of fused-ring (bicyclic) bond motifs is 1. The normalized spacial score (nSPS) is 14.9. The number of rotatable bonds is 4. The van der Waals surface area contributed by atoms with Crippen molar-refractivity contribution in [3.05, 3.63) is 12.1 Å². The highest BCUT2D eigenvalue weighted by Crippen LogP contribution is 2.12. The van der Waals surface area contributed by atoms with E-state index < -0.39 is 0 Å². The molecule has 0 aliphatic carbocycles. The lowest BCUT2D eigenvalue weighted by molar-refractivity contribution is 0.492. The molecule has 2 heterocycles. The van der Waals surface area contributed by atoms with Crippen molar-refractivity contribution < 1.29 is 0 Å². The van der Waals surface area contributed by atoms with Crippen LogP contribution in [0.1, 0.15) is 27.2 Å². The van der Waals surface area contributed by atoms with Gasteiger partial charge in [0.15, 0.2) is 5.65 Å². The summed E-state index contributed by atoms with van der Waals surface area (Å²) >= 11 is 0. The van der Waals surface area contributed by atoms with Crippen molar-refractivity contribution in [2.75, 3.05) is 5.32 Å². The third-order valence-electron chi connectivity index (χ3n) is 2.94. The van der Waals surface area contributed by atoms with Crippen LogP contribution < -0.4 is 5.32 Å². The van der Waals surface area contributed by atoms with Crippen LogP contribution in [0.2, 0.25) is 0 Å². The van der Waals surface area contributed by atoms with Crippen LogP contribution in [0.3, 0.4) is 0 Å². The molecule has 2 aromatic rings. The minimum absolute atomic E-state index is 0.381. The van der Waals surface area contributed by atoms with Crippen LogP contribution in [0.5, 0.6) is 0 Å². The third kappa shape index (κ3) is 2.10. The molecule has 16 heavy (non-hydrogen) atoms. The summed E-state index contributed by atoms with van der Waals surface area (Å²) in [5, 5.41) is 18.7. The molecular weight excluding hydrogens is 204 g/mol. The Bertz CT molecular complexity index is 465. The summed E-state index contributed by atoms with van der Waals surface area (Å²) in [5.74, 6) is 1.40. The number of aromatic nitrogens is 5. The van der Waals surface area contributed by atoms with Gasteiger partial charge in [0, 0.05) is 6.04 Å². The van der Waals surface area contributed by atoms with Crippen LogP contribution in [-0.4, -0.2) is 31.3 Å². The summed E-state index contributed by atoms with van der Waals surface area (Å²) in [6.07, 6.45) is 1.14. The Labute approximate surface area is 94.0 Å². The highest BCUT2D eigenvalue weighted by atomic mass is 15.6. The fourth-order valence-corrected chi connectivity index (χ4v) is 1.46. The molecule has 0 bridgehead atoms. The lowest BCUT2D eigenvalue weighted by Crippen LogP contribution is -2.24. The highest BCUT2D eigenvalue weighted by Gasteiger charge is 2.10. The standard InChI is InChI=1S/C10H16N6/c1-4-7(2)8(3)11-9-5-6-10-12-14-15-16(10)13-9/h5-8H,4H2,1-3H3,(H,11,13). The van der Waals surface area contributed by atoms with E-state index in [-0.39, 0.29) is 0 Å². The van der Waals surface area contributed by atoms with E-state index in [0.717, 1.165) is 12.2 Å². The largest absolute Gasteiger partial charge is 0.366 e. The second-order valence-corrected chi connectivity index (χ2v) is 4.06. The van der Waals surface area contributed by atoms with Gasteiger partial charge in [-0.25, -0.2) is 0 Å². The molecule has 6 nitrogen and oxygen atoms in total. The van der Waals surface area contributed by atoms with Crippen LogP contribution in [0.4, 0.5) is 5.82 Å². The molecule has 1 N–H and O–H groups in total. The second-order valence-electron chi connectivity index (χ2n) is 4.06. The van der Waals surface area contributed by atoms with Crippen LogP contribution in [-0.2, 0) is 0 Å². The van der Waals surface area contributed by atoms with Crippen LogP contribution >= 0.6 is 0 Å². The number of nitrogens with one attached hydrogen (secondary N) is 1. The summed E-state index contributed by atoms with van der Waals surface area (Å²) in [6, 6.07) is 4.12. The summed E-state index contributed by atoms with van der Waals surface area (Å²) < 4.78 is 1.42. The average molecular weight is 220 g/mol. The van der Waals surface area contributed by atoms with Crippen molar-refractivity contribution in [2.45, 2.75) is 33.2 Å². The van der Waals surface area contributed by atoms with E-state index in [9.17, 15) is 0 Å². The van der Waals surface area contributed by atoms with E-state index in [2.05, 4.69) is 46.7 Å². The smallest absolute Gasteiger partial charge is 0.200 e. The van der Waals surface area contributed by atoms with Crippen LogP contribution in [0.15, 0.2) is 12.1 Å². The van der Waals surface area contributed by atoms with Gasteiger partial charge in [0.05, 0.1) is 0 Å². The van der Waals surface area contributed by atoms with E-state index in [4.69, 9.17) is 0 Å². The molecule has 0 radical (unpaired) electrons. The number of anilines is 1. The van der Waals surface area contributed by atoms with Gasteiger partial charge in [-0.3, -0.25) is 0 Å². The van der Waals surface area contributed by atoms with Gasteiger partial charge >= 0.3 is 0 Å². The molecule has 0 saturated heterocycles. The van der Waals surface area contributed by atoms with Crippen molar-refractivity contribution in [3.8, 4) is 0 Å². The molecule has 0 aliphatic rings. The molecule has 86 valence electrons. The maximum atomic E-state index is 4.26. The highest BCUT2D eigenvalue weighted by molar-refractivity contribution is 5.42. The maximum Gasteiger partial charge on any atom is 0.200 e. The Morgan fingerprint density at radius 2 is 2.19 bits per heavy atom. The molecule has 0 saturated carbocycles. The summed E-state index contributed by atoms with van der Waals surface area (Å²) in [6.45, 7) is 6.55. The van der Waals surface area contributed by atoms with E-state index in [1.165, 1.54) is 4.63 Å². The van der Waals surface area contributed by atoms with Crippen molar-refractivity contribution in [1.82, 2.24) is 25.3 Å². The topological polar surface area (TPSA) is 68.0 Å². The van der Waals surface area contributed by atoms with Gasteiger partial charge < -0.3 is 5.32 Å². The third-order valence-corrected chi connectivity index (χ3v) is 2.94. The predicted octanol–water partition coefficient (Wildman–Crippen LogP) is 1.37. The molecule has 2 rings (SSSR count). The van der Waals surface area contributed by atoms with E-state index in [0.29, 0.717) is 17.6 Å². The Hall–Kier alpha value is -1.72.